The zero-order valence-corrected chi connectivity index (χ0v) is 17.4. The van der Waals surface area contributed by atoms with Crippen molar-refractivity contribution >= 4 is 11.8 Å². The van der Waals surface area contributed by atoms with Crippen molar-refractivity contribution in [1.82, 2.24) is 15.1 Å². The molecule has 1 aliphatic carbocycles. The Labute approximate surface area is 182 Å². The number of allylic oxidation sites excluding steroid dienone is 3. The van der Waals surface area contributed by atoms with Gasteiger partial charge in [0.15, 0.2) is 5.76 Å². The van der Waals surface area contributed by atoms with Crippen LogP contribution in [0.2, 0.25) is 0 Å². The second-order valence-corrected chi connectivity index (χ2v) is 8.04. The number of piperazine rings is 1. The maximum Gasteiger partial charge on any atom is 0.274 e. The van der Waals surface area contributed by atoms with E-state index in [1.807, 2.05) is 6.92 Å². The number of ether oxygens (including phenoxy) is 1. The van der Waals surface area contributed by atoms with Crippen LogP contribution in [0.4, 0.5) is 13.2 Å². The lowest BCUT2D eigenvalue weighted by Crippen LogP contribution is -2.64. The smallest absolute Gasteiger partial charge is 0.274 e. The third-order valence-electron chi connectivity index (χ3n) is 6.23. The topological polar surface area (TPSA) is 102 Å². The van der Waals surface area contributed by atoms with Gasteiger partial charge >= 0.3 is 0 Å². The predicted octanol–water partition coefficient (Wildman–Crippen LogP) is 1.27. The van der Waals surface area contributed by atoms with E-state index in [-0.39, 0.29) is 30.0 Å². The summed E-state index contributed by atoms with van der Waals surface area (Å²) in [6.07, 6.45) is -1.94. The van der Waals surface area contributed by atoms with Crippen molar-refractivity contribution in [3.05, 3.63) is 46.5 Å². The summed E-state index contributed by atoms with van der Waals surface area (Å²) >= 11 is 0. The van der Waals surface area contributed by atoms with Crippen LogP contribution in [0.1, 0.15) is 19.8 Å². The molecule has 2 fully saturated rings. The van der Waals surface area contributed by atoms with Crippen LogP contribution >= 0.6 is 0 Å². The molecule has 0 radical (unpaired) electrons. The largest absolute Gasteiger partial charge is 0.507 e. The lowest BCUT2D eigenvalue weighted by atomic mass is 9.91. The summed E-state index contributed by atoms with van der Waals surface area (Å²) in [5.41, 5.74) is -0.839. The molecule has 0 aromatic heterocycles. The van der Waals surface area contributed by atoms with Crippen LogP contribution in [0.25, 0.3) is 0 Å². The Morgan fingerprint density at radius 3 is 2.78 bits per heavy atom. The van der Waals surface area contributed by atoms with Gasteiger partial charge in [0.05, 0.1) is 24.3 Å². The molecular weight excluding hydrogens is 431 g/mol. The number of nitrogens with one attached hydrogen (secondary N) is 1. The van der Waals surface area contributed by atoms with Gasteiger partial charge in [-0.05, 0) is 13.3 Å². The molecule has 4 atom stereocenters. The van der Waals surface area contributed by atoms with Crippen molar-refractivity contribution < 1.29 is 37.7 Å². The first-order chi connectivity index (χ1) is 15.2. The van der Waals surface area contributed by atoms with Gasteiger partial charge in [-0.1, -0.05) is 0 Å². The minimum atomic E-state index is -1.93. The van der Waals surface area contributed by atoms with Crippen molar-refractivity contribution in [1.29, 1.82) is 0 Å². The number of amides is 2. The van der Waals surface area contributed by atoms with Gasteiger partial charge < -0.3 is 30.1 Å². The van der Waals surface area contributed by atoms with Crippen LogP contribution in [-0.4, -0.2) is 82.5 Å². The highest BCUT2D eigenvalue weighted by Gasteiger charge is 2.48. The third kappa shape index (κ3) is 3.69. The number of hydrogen-bond donors (Lipinski definition) is 3. The summed E-state index contributed by atoms with van der Waals surface area (Å²) in [6, 6.07) is -0.584. The molecule has 0 aromatic rings. The number of fused-ring (bicyclic) bond motifs is 3. The maximum absolute atomic E-state index is 14.0. The molecular formula is C21H24F3N3O5. The van der Waals surface area contributed by atoms with E-state index in [0.717, 1.165) is 0 Å². The van der Waals surface area contributed by atoms with Crippen LogP contribution in [0.5, 0.6) is 0 Å². The van der Waals surface area contributed by atoms with Crippen molar-refractivity contribution in [2.45, 2.75) is 44.1 Å². The van der Waals surface area contributed by atoms with Crippen molar-refractivity contribution in [2.75, 3.05) is 26.3 Å². The number of aliphatic hydroxyl groups excluding tert-OH is 2. The molecule has 3 aliphatic heterocycles. The van der Waals surface area contributed by atoms with Gasteiger partial charge in [0.25, 0.3) is 11.8 Å². The molecule has 11 heteroatoms. The molecule has 2 amide bonds. The molecule has 0 aromatic carbocycles. The van der Waals surface area contributed by atoms with Gasteiger partial charge in [-0.25, -0.2) is 13.2 Å². The van der Waals surface area contributed by atoms with Gasteiger partial charge in [0.1, 0.15) is 29.6 Å². The van der Waals surface area contributed by atoms with Crippen LogP contribution in [0, 0.1) is 0 Å². The lowest BCUT2D eigenvalue weighted by molar-refractivity contribution is -0.143. The summed E-state index contributed by atoms with van der Waals surface area (Å²) in [5, 5.41) is 23.4. The molecule has 0 saturated carbocycles. The van der Waals surface area contributed by atoms with Crippen LogP contribution < -0.4 is 5.32 Å². The van der Waals surface area contributed by atoms with Gasteiger partial charge in [0, 0.05) is 44.0 Å². The molecule has 8 nitrogen and oxygen atoms in total. The molecule has 3 heterocycles. The van der Waals surface area contributed by atoms with Crippen LogP contribution in [0.3, 0.4) is 0 Å². The first kappa shape index (κ1) is 22.4. The molecule has 0 spiro atoms. The van der Waals surface area contributed by atoms with E-state index in [4.69, 9.17) is 4.74 Å². The fraction of sp³-hybridized carbons (Fsp3) is 0.524. The number of aliphatic hydroxyl groups is 2. The van der Waals surface area contributed by atoms with Crippen molar-refractivity contribution in [3.8, 4) is 0 Å². The first-order valence-corrected chi connectivity index (χ1v) is 10.4. The summed E-state index contributed by atoms with van der Waals surface area (Å²) in [5.74, 6) is -4.07. The average Bonchev–Trinajstić information content (AvgIpc) is 2.75. The number of alkyl halides is 1. The SMILES string of the molecule is CCN1C(=O)C2=C(O)C(O)C(C(=O)NCC3=C(F)C=C(F)CC3F)=CN2[C@H]2COCC[C@H]21. The van der Waals surface area contributed by atoms with Gasteiger partial charge in [-0.15, -0.1) is 0 Å². The number of hydrogen-bond acceptors (Lipinski definition) is 6. The van der Waals surface area contributed by atoms with E-state index < -0.39 is 60.0 Å². The molecule has 2 unspecified atom stereocenters. The normalized spacial score (nSPS) is 30.6. The lowest BCUT2D eigenvalue weighted by Gasteiger charge is -2.51. The summed E-state index contributed by atoms with van der Waals surface area (Å²) in [7, 11) is 0. The third-order valence-corrected chi connectivity index (χ3v) is 6.23. The van der Waals surface area contributed by atoms with Crippen LogP contribution in [-0.2, 0) is 14.3 Å². The quantitative estimate of drug-likeness (QED) is 0.590. The monoisotopic (exact) mass is 455 g/mol. The van der Waals surface area contributed by atoms with E-state index in [1.165, 1.54) is 11.1 Å². The number of carbonyl (C=O) groups is 2. The number of nitrogens with zero attached hydrogens (tertiary/aromatic N) is 2. The molecule has 2 saturated heterocycles. The minimum Gasteiger partial charge on any atom is -0.507 e. The van der Waals surface area contributed by atoms with Gasteiger partial charge in [0.2, 0.25) is 0 Å². The Bertz CT molecular complexity index is 960. The first-order valence-electron chi connectivity index (χ1n) is 10.4. The van der Waals surface area contributed by atoms with Crippen molar-refractivity contribution in [3.63, 3.8) is 0 Å². The molecule has 4 rings (SSSR count). The Balaban J connectivity index is 1.59. The minimum absolute atomic E-state index is 0.131. The fourth-order valence-electron chi connectivity index (χ4n) is 4.57. The van der Waals surface area contributed by atoms with Gasteiger partial charge in [-0.2, -0.15) is 0 Å². The molecule has 4 aliphatic rings. The predicted molar refractivity (Wildman–Crippen MR) is 106 cm³/mol. The van der Waals surface area contributed by atoms with Crippen LogP contribution in [0.15, 0.2) is 46.5 Å². The maximum atomic E-state index is 14.0. The second kappa shape index (κ2) is 8.62. The number of likely N-dealkylation sites (N-methyl/N-ethyl adjacent to an activating group) is 1. The standard InChI is InChI=1S/C21H24F3N3O5/c1-2-26-15-3-4-32-9-16(15)27-8-12(18(28)19(29)17(27)21(26)31)20(30)25-7-11-13(23)5-10(22)6-14(11)24/h5,8,14-16,18,28-29H,2-4,6-7,9H2,1H3,(H,25,30)/t14?,15-,16+,18?/m1/s1. The highest BCUT2D eigenvalue weighted by atomic mass is 19.2. The van der Waals surface area contributed by atoms with E-state index in [9.17, 15) is 33.0 Å². The highest BCUT2D eigenvalue weighted by molar-refractivity contribution is 5.99. The van der Waals surface area contributed by atoms with E-state index in [0.29, 0.717) is 25.6 Å². The van der Waals surface area contributed by atoms with E-state index in [1.54, 1.807) is 4.90 Å². The van der Waals surface area contributed by atoms with E-state index >= 15 is 0 Å². The Kier molecular flexibility index (Phi) is 6.04. The van der Waals surface area contributed by atoms with E-state index in [2.05, 4.69) is 5.32 Å². The zero-order chi connectivity index (χ0) is 23.2. The number of carbonyl (C=O) groups excluding carboxylic acids is 2. The van der Waals surface area contributed by atoms with Gasteiger partial charge in [-0.3, -0.25) is 9.59 Å². The summed E-state index contributed by atoms with van der Waals surface area (Å²) < 4.78 is 46.6. The molecule has 32 heavy (non-hydrogen) atoms. The zero-order valence-electron chi connectivity index (χ0n) is 17.4. The number of rotatable bonds is 4. The highest BCUT2D eigenvalue weighted by Crippen LogP contribution is 2.36. The average molecular weight is 455 g/mol. The Morgan fingerprint density at radius 1 is 1.34 bits per heavy atom. The summed E-state index contributed by atoms with van der Waals surface area (Å²) in [6.45, 7) is 2.37. The fourth-order valence-corrected chi connectivity index (χ4v) is 4.57. The molecule has 3 N–H and O–H groups in total. The number of halogens is 3. The Hall–Kier alpha value is -2.79. The molecule has 174 valence electrons. The second-order valence-electron chi connectivity index (χ2n) is 8.04. The van der Waals surface area contributed by atoms with Crippen molar-refractivity contribution in [2.24, 2.45) is 0 Å². The molecule has 0 bridgehead atoms. The summed E-state index contributed by atoms with van der Waals surface area (Å²) in [4.78, 5) is 28.7. The Morgan fingerprint density at radius 2 is 2.09 bits per heavy atom.